The van der Waals surface area contributed by atoms with Gasteiger partial charge in [-0.05, 0) is 0 Å². The number of hydrogen-bond donors (Lipinski definition) is 1. The summed E-state index contributed by atoms with van der Waals surface area (Å²) in [5.41, 5.74) is 0. The van der Waals surface area contributed by atoms with Crippen LogP contribution < -0.4 is 0 Å². The molecule has 1 aliphatic heterocycles. The summed E-state index contributed by atoms with van der Waals surface area (Å²) in [7, 11) is -4.84. The van der Waals surface area contributed by atoms with Crippen LogP contribution in [0.25, 0.3) is 0 Å². The van der Waals surface area contributed by atoms with Crippen molar-refractivity contribution in [2.24, 2.45) is 0 Å². The third-order valence-electron chi connectivity index (χ3n) is 3.24. The molecule has 1 rings (SSSR count). The van der Waals surface area contributed by atoms with Crippen LogP contribution in [0, 0.1) is 0 Å². The fraction of sp³-hybridized carbons (Fsp3) is 1.00. The van der Waals surface area contributed by atoms with E-state index in [0.29, 0.717) is 6.42 Å². The third kappa shape index (κ3) is 4.57. The highest BCUT2D eigenvalue weighted by atomic mass is 32.2. The lowest BCUT2D eigenvalue weighted by molar-refractivity contribution is 0.482. The van der Waals surface area contributed by atoms with Gasteiger partial charge >= 0.3 is 0 Å². The number of rotatable bonds is 4. The highest BCUT2D eigenvalue weighted by Crippen LogP contribution is 2.32. The second-order valence-corrected chi connectivity index (χ2v) is 11.5. The molecule has 0 spiro atoms. The maximum Gasteiger partial charge on any atom is 0.264 e. The van der Waals surface area contributed by atoms with Crippen LogP contribution in [0.2, 0.25) is 24.7 Å². The molecule has 1 heterocycles. The Bertz CT molecular complexity index is 268. The van der Waals surface area contributed by atoms with Gasteiger partial charge in [-0.25, -0.2) is 0 Å². The summed E-state index contributed by atoms with van der Waals surface area (Å²) in [6.07, 6.45) is 4.66. The minimum atomic E-state index is -3.73. The van der Waals surface area contributed by atoms with Crippen molar-refractivity contribution in [2.75, 3.05) is 5.75 Å². The molecule has 14 heavy (non-hydrogen) atoms. The van der Waals surface area contributed by atoms with Crippen LogP contribution >= 0.6 is 0 Å². The van der Waals surface area contributed by atoms with Gasteiger partial charge in [-0.1, -0.05) is 25.7 Å². The topological polar surface area (TPSA) is 54.4 Å². The van der Waals surface area contributed by atoms with Crippen molar-refractivity contribution in [3.8, 4) is 0 Å². The Morgan fingerprint density at radius 2 is 1.79 bits per heavy atom. The molecule has 3 nitrogen and oxygen atoms in total. The first-order valence-corrected chi connectivity index (χ1v) is 10.1. The fourth-order valence-corrected chi connectivity index (χ4v) is 7.09. The van der Waals surface area contributed by atoms with Gasteiger partial charge in [0.25, 0.3) is 10.1 Å². The standard InChI is InChI=1S/C9H20O3SSi/c1-14(7-3-2-4-8-14)9-5-6-13(10,11)12/h2-9H2,1H3,(H,10,11,12)/q-1. The van der Waals surface area contributed by atoms with E-state index in [1.807, 2.05) is 0 Å². The first-order valence-electron chi connectivity index (χ1n) is 5.37. The van der Waals surface area contributed by atoms with Crippen LogP contribution in [-0.4, -0.2) is 26.8 Å². The highest BCUT2D eigenvalue weighted by Gasteiger charge is 2.18. The quantitative estimate of drug-likeness (QED) is 0.603. The van der Waals surface area contributed by atoms with Gasteiger partial charge in [0.15, 0.2) is 0 Å². The summed E-state index contributed by atoms with van der Waals surface area (Å²) in [6, 6.07) is 3.75. The molecule has 1 aliphatic rings. The van der Waals surface area contributed by atoms with E-state index in [2.05, 4.69) is 6.55 Å². The van der Waals surface area contributed by atoms with Gasteiger partial charge in [-0.3, -0.25) is 4.55 Å². The van der Waals surface area contributed by atoms with Crippen molar-refractivity contribution in [2.45, 2.75) is 50.4 Å². The Hall–Kier alpha value is 0.127. The summed E-state index contributed by atoms with van der Waals surface area (Å²) in [5, 5.41) is 0. The van der Waals surface area contributed by atoms with E-state index in [1.54, 1.807) is 0 Å². The lowest BCUT2D eigenvalue weighted by Crippen LogP contribution is -2.32. The second-order valence-electron chi connectivity index (χ2n) is 4.76. The van der Waals surface area contributed by atoms with E-state index in [4.69, 9.17) is 4.55 Å². The normalized spacial score (nSPS) is 22.1. The lowest BCUT2D eigenvalue weighted by Gasteiger charge is -2.42. The smallest absolute Gasteiger partial charge is 0.264 e. The molecule has 1 N–H and O–H groups in total. The molecule has 0 saturated carbocycles. The van der Waals surface area contributed by atoms with Gasteiger partial charge in [0.2, 0.25) is 0 Å². The van der Waals surface area contributed by atoms with E-state index in [-0.39, 0.29) is 5.75 Å². The van der Waals surface area contributed by atoms with E-state index in [9.17, 15) is 8.42 Å². The Kier molecular flexibility index (Phi) is 4.15. The fourth-order valence-electron chi connectivity index (χ4n) is 2.34. The van der Waals surface area contributed by atoms with Crippen LogP contribution in [0.1, 0.15) is 25.7 Å². The Labute approximate surface area is 87.7 Å². The van der Waals surface area contributed by atoms with Gasteiger partial charge in [-0.15, -0.1) is 8.07 Å². The summed E-state index contributed by atoms with van der Waals surface area (Å²) >= 11 is 0. The average molecular weight is 236 g/mol. The predicted octanol–water partition coefficient (Wildman–Crippen LogP) is 2.53. The van der Waals surface area contributed by atoms with E-state index in [1.165, 1.54) is 31.4 Å². The van der Waals surface area contributed by atoms with E-state index >= 15 is 0 Å². The maximum atomic E-state index is 10.5. The molecule has 0 radical (unpaired) electrons. The van der Waals surface area contributed by atoms with Crippen LogP contribution in [0.5, 0.6) is 0 Å². The molecule has 0 aromatic heterocycles. The summed E-state index contributed by atoms with van der Waals surface area (Å²) < 4.78 is 29.7. The number of hydrogen-bond acceptors (Lipinski definition) is 2. The first-order chi connectivity index (χ1) is 6.41. The predicted molar refractivity (Wildman–Crippen MR) is 60.9 cm³/mol. The van der Waals surface area contributed by atoms with Crippen molar-refractivity contribution in [1.82, 2.24) is 0 Å². The zero-order chi connectivity index (χ0) is 10.7. The van der Waals surface area contributed by atoms with E-state index < -0.39 is 18.2 Å². The van der Waals surface area contributed by atoms with Crippen LogP contribution in [0.3, 0.4) is 0 Å². The molecule has 0 atom stereocenters. The van der Waals surface area contributed by atoms with Crippen LogP contribution in [-0.2, 0) is 10.1 Å². The van der Waals surface area contributed by atoms with Crippen molar-refractivity contribution in [3.05, 3.63) is 0 Å². The minimum absolute atomic E-state index is 0.0460. The summed E-state index contributed by atoms with van der Waals surface area (Å²) in [6.45, 7) is 2.37. The van der Waals surface area contributed by atoms with E-state index in [0.717, 1.165) is 6.04 Å². The molecule has 0 amide bonds. The van der Waals surface area contributed by atoms with Crippen molar-refractivity contribution >= 4 is 18.2 Å². The maximum absolute atomic E-state index is 10.5. The Morgan fingerprint density at radius 1 is 1.21 bits per heavy atom. The molecule has 0 aliphatic carbocycles. The molecule has 0 unspecified atom stereocenters. The molecule has 0 aromatic rings. The molecule has 0 bridgehead atoms. The highest BCUT2D eigenvalue weighted by molar-refractivity contribution is 7.85. The monoisotopic (exact) mass is 236 g/mol. The van der Waals surface area contributed by atoms with Crippen molar-refractivity contribution in [1.29, 1.82) is 0 Å². The Morgan fingerprint density at radius 3 is 2.29 bits per heavy atom. The molecular weight excluding hydrogens is 216 g/mol. The van der Waals surface area contributed by atoms with Gasteiger partial charge in [0.1, 0.15) is 0 Å². The molecular formula is C9H20O3SSi-. The Balaban J connectivity index is 2.29. The third-order valence-corrected chi connectivity index (χ3v) is 8.73. The summed E-state index contributed by atoms with van der Waals surface area (Å²) in [5.74, 6) is -0.0460. The molecule has 1 fully saturated rings. The van der Waals surface area contributed by atoms with Gasteiger partial charge in [-0.2, -0.15) is 33.1 Å². The first kappa shape index (κ1) is 12.2. The van der Waals surface area contributed by atoms with Gasteiger partial charge in [0, 0.05) is 0 Å². The zero-order valence-corrected chi connectivity index (χ0v) is 10.6. The van der Waals surface area contributed by atoms with Gasteiger partial charge in [0.05, 0.1) is 5.75 Å². The zero-order valence-electron chi connectivity index (χ0n) is 8.83. The van der Waals surface area contributed by atoms with Crippen molar-refractivity contribution in [3.63, 3.8) is 0 Å². The van der Waals surface area contributed by atoms with Crippen LogP contribution in [0.15, 0.2) is 0 Å². The molecule has 1 saturated heterocycles. The summed E-state index contributed by atoms with van der Waals surface area (Å²) in [4.78, 5) is 0. The van der Waals surface area contributed by atoms with Crippen LogP contribution in [0.4, 0.5) is 0 Å². The average Bonchev–Trinajstić information content (AvgIpc) is 2.02. The van der Waals surface area contributed by atoms with Crippen molar-refractivity contribution < 1.29 is 13.0 Å². The lowest BCUT2D eigenvalue weighted by atomic mass is 10.3. The molecule has 5 heteroatoms. The minimum Gasteiger partial charge on any atom is -0.286 e. The second kappa shape index (κ2) is 4.77. The molecule has 85 valence electrons. The molecule has 0 aromatic carbocycles. The van der Waals surface area contributed by atoms with Gasteiger partial charge < -0.3 is 0 Å². The SMILES string of the molecule is C[Si-]1(CCCS(=O)(=O)O)CCCCC1. The largest absolute Gasteiger partial charge is 0.286 e.